The molecule has 30 heavy (non-hydrogen) atoms. The van der Waals surface area contributed by atoms with Gasteiger partial charge in [0.2, 0.25) is 0 Å². The van der Waals surface area contributed by atoms with E-state index < -0.39 is 0 Å². The number of rotatable bonds is 9. The average molecular weight is 411 g/mol. The second-order valence-corrected chi connectivity index (χ2v) is 9.03. The van der Waals surface area contributed by atoms with Crippen molar-refractivity contribution in [3.05, 3.63) is 59.7 Å². The van der Waals surface area contributed by atoms with Crippen molar-refractivity contribution in [1.82, 2.24) is 10.2 Å². The molecule has 0 aromatic heterocycles. The van der Waals surface area contributed by atoms with Gasteiger partial charge >= 0.3 is 0 Å². The lowest BCUT2D eigenvalue weighted by molar-refractivity contribution is 0.0132. The number of ether oxygens (including phenoxy) is 2. The Morgan fingerprint density at radius 1 is 1.00 bits per heavy atom. The Balaban J connectivity index is 1.65. The van der Waals surface area contributed by atoms with Gasteiger partial charge in [0.1, 0.15) is 0 Å². The van der Waals surface area contributed by atoms with Crippen LogP contribution in [0, 0.1) is 11.3 Å². The molecule has 1 aliphatic heterocycles. The van der Waals surface area contributed by atoms with Crippen LogP contribution in [-0.2, 0) is 13.0 Å². The first-order valence-electron chi connectivity index (χ1n) is 11.1. The summed E-state index contributed by atoms with van der Waals surface area (Å²) in [6.45, 7) is 7.85. The molecule has 0 amide bonds. The molecular weight excluding hydrogens is 372 g/mol. The normalized spacial score (nSPS) is 24.6. The Morgan fingerprint density at radius 2 is 1.73 bits per heavy atom. The minimum atomic E-state index is 0.331. The predicted molar refractivity (Wildman–Crippen MR) is 124 cm³/mol. The van der Waals surface area contributed by atoms with Crippen LogP contribution in [0.1, 0.15) is 37.8 Å². The van der Waals surface area contributed by atoms with Crippen LogP contribution in [0.25, 0.3) is 0 Å². The monoisotopic (exact) mass is 410 g/mol. The Bertz CT molecular complexity index is 795. The van der Waals surface area contributed by atoms with Crippen LogP contribution in [0.4, 0.5) is 0 Å². The quantitative estimate of drug-likeness (QED) is 0.604. The Hall–Kier alpha value is -2.04. The molecule has 0 unspecified atom stereocenters. The number of methoxy groups -OCH3 is 2. The highest BCUT2D eigenvalue weighted by Crippen LogP contribution is 2.44. The molecule has 1 heterocycles. The van der Waals surface area contributed by atoms with Gasteiger partial charge in [-0.25, -0.2) is 0 Å². The van der Waals surface area contributed by atoms with Crippen LogP contribution in [0.3, 0.4) is 0 Å². The first-order chi connectivity index (χ1) is 14.5. The van der Waals surface area contributed by atoms with Crippen molar-refractivity contribution in [1.29, 1.82) is 0 Å². The maximum atomic E-state index is 5.44. The highest BCUT2D eigenvalue weighted by atomic mass is 16.5. The smallest absolute Gasteiger partial charge is 0.161 e. The van der Waals surface area contributed by atoms with Gasteiger partial charge in [-0.05, 0) is 74.4 Å². The fourth-order valence-corrected chi connectivity index (χ4v) is 5.00. The molecule has 164 valence electrons. The fourth-order valence-electron chi connectivity index (χ4n) is 5.00. The van der Waals surface area contributed by atoms with E-state index in [4.69, 9.17) is 9.47 Å². The van der Waals surface area contributed by atoms with E-state index in [0.29, 0.717) is 17.4 Å². The lowest BCUT2D eigenvalue weighted by atomic mass is 9.63. The number of piperidine rings is 1. The summed E-state index contributed by atoms with van der Waals surface area (Å²) >= 11 is 0. The van der Waals surface area contributed by atoms with Crippen molar-refractivity contribution in [3.63, 3.8) is 0 Å². The summed E-state index contributed by atoms with van der Waals surface area (Å²) in [6.07, 6.45) is 3.59. The Labute approximate surface area is 182 Å². The Kier molecular flexibility index (Phi) is 7.79. The number of nitrogens with zero attached hydrogens (tertiary/aromatic N) is 1. The summed E-state index contributed by atoms with van der Waals surface area (Å²) in [5.41, 5.74) is 3.01. The highest BCUT2D eigenvalue weighted by molar-refractivity contribution is 5.42. The number of nitrogens with one attached hydrogen (secondary N) is 1. The van der Waals surface area contributed by atoms with Gasteiger partial charge in [0, 0.05) is 19.1 Å². The molecule has 1 N–H and O–H groups in total. The molecule has 0 aliphatic carbocycles. The molecule has 1 saturated heterocycles. The molecule has 3 atom stereocenters. The minimum absolute atomic E-state index is 0.331. The zero-order valence-electron chi connectivity index (χ0n) is 19.3. The third-order valence-electron chi connectivity index (χ3n) is 7.04. The van der Waals surface area contributed by atoms with Crippen molar-refractivity contribution in [2.75, 3.05) is 34.4 Å². The molecule has 0 saturated carbocycles. The van der Waals surface area contributed by atoms with Crippen LogP contribution >= 0.6 is 0 Å². The van der Waals surface area contributed by atoms with Crippen molar-refractivity contribution < 1.29 is 9.47 Å². The van der Waals surface area contributed by atoms with Gasteiger partial charge in [0.05, 0.1) is 14.2 Å². The standard InChI is InChI=1S/C26H38N2O2/c1-20-19-28(3)21(2)16-26(20,17-22-9-7-6-8-10-22)13-14-27-18-23-11-12-24(29-4)25(15-23)30-5/h6-12,15,20-21,27H,13-14,16-19H2,1-5H3/t20-,21+,26+/m0/s1. The third kappa shape index (κ3) is 5.35. The van der Waals surface area contributed by atoms with Crippen molar-refractivity contribution >= 4 is 0 Å². The lowest BCUT2D eigenvalue weighted by Gasteiger charge is -2.49. The highest BCUT2D eigenvalue weighted by Gasteiger charge is 2.42. The summed E-state index contributed by atoms with van der Waals surface area (Å²) in [5.74, 6) is 2.23. The van der Waals surface area contributed by atoms with E-state index in [2.05, 4.69) is 73.6 Å². The first-order valence-corrected chi connectivity index (χ1v) is 11.1. The third-order valence-corrected chi connectivity index (χ3v) is 7.04. The van der Waals surface area contributed by atoms with Crippen molar-refractivity contribution in [2.24, 2.45) is 11.3 Å². The van der Waals surface area contributed by atoms with Crippen LogP contribution in [0.2, 0.25) is 0 Å². The number of benzene rings is 2. The SMILES string of the molecule is COc1ccc(CNCC[C@]2(Cc3ccccc3)C[C@@H](C)N(C)C[C@@H]2C)cc1OC. The average Bonchev–Trinajstić information content (AvgIpc) is 2.76. The summed E-state index contributed by atoms with van der Waals surface area (Å²) in [5, 5.41) is 3.68. The zero-order valence-corrected chi connectivity index (χ0v) is 19.3. The molecule has 1 fully saturated rings. The van der Waals surface area contributed by atoms with E-state index in [1.807, 2.05) is 6.07 Å². The summed E-state index contributed by atoms with van der Waals surface area (Å²) in [7, 11) is 5.62. The summed E-state index contributed by atoms with van der Waals surface area (Å²) in [4.78, 5) is 2.52. The van der Waals surface area contributed by atoms with Crippen LogP contribution in [0.15, 0.2) is 48.5 Å². The molecule has 0 radical (unpaired) electrons. The van der Waals surface area contributed by atoms with Crippen LogP contribution in [-0.4, -0.2) is 45.3 Å². The second-order valence-electron chi connectivity index (χ2n) is 9.03. The minimum Gasteiger partial charge on any atom is -0.493 e. The van der Waals surface area contributed by atoms with Crippen molar-refractivity contribution in [2.45, 2.75) is 45.7 Å². The fraction of sp³-hybridized carbons (Fsp3) is 0.538. The van der Waals surface area contributed by atoms with Gasteiger partial charge < -0.3 is 19.7 Å². The molecule has 0 spiro atoms. The molecule has 0 bridgehead atoms. The van der Waals surface area contributed by atoms with Crippen LogP contribution < -0.4 is 14.8 Å². The zero-order chi connectivity index (χ0) is 21.6. The topological polar surface area (TPSA) is 33.7 Å². The van der Waals surface area contributed by atoms with E-state index in [9.17, 15) is 0 Å². The second kappa shape index (κ2) is 10.3. The summed E-state index contributed by atoms with van der Waals surface area (Å²) in [6, 6.07) is 17.8. The van der Waals surface area contributed by atoms with Gasteiger partial charge in [0.15, 0.2) is 11.5 Å². The molecule has 4 heteroatoms. The van der Waals surface area contributed by atoms with Gasteiger partial charge in [-0.15, -0.1) is 0 Å². The number of hydrogen-bond acceptors (Lipinski definition) is 4. The maximum absolute atomic E-state index is 5.44. The van der Waals surface area contributed by atoms with Gasteiger partial charge in [-0.2, -0.15) is 0 Å². The largest absolute Gasteiger partial charge is 0.493 e. The predicted octanol–water partition coefficient (Wildman–Crippen LogP) is 4.77. The molecule has 4 nitrogen and oxygen atoms in total. The number of hydrogen-bond donors (Lipinski definition) is 1. The van der Waals surface area contributed by atoms with E-state index in [1.54, 1.807) is 14.2 Å². The molecule has 1 aliphatic rings. The van der Waals surface area contributed by atoms with E-state index in [-0.39, 0.29) is 0 Å². The summed E-state index contributed by atoms with van der Waals surface area (Å²) < 4.78 is 10.8. The van der Waals surface area contributed by atoms with Crippen molar-refractivity contribution in [3.8, 4) is 11.5 Å². The number of likely N-dealkylation sites (tertiary alicyclic amines) is 1. The lowest BCUT2D eigenvalue weighted by Crippen LogP contribution is -2.51. The first kappa shape index (κ1) is 22.6. The molecule has 2 aromatic carbocycles. The Morgan fingerprint density at radius 3 is 2.43 bits per heavy atom. The van der Waals surface area contributed by atoms with Gasteiger partial charge in [-0.3, -0.25) is 0 Å². The maximum Gasteiger partial charge on any atom is 0.161 e. The molecule has 3 rings (SSSR count). The van der Waals surface area contributed by atoms with Gasteiger partial charge in [0.25, 0.3) is 0 Å². The molecule has 2 aromatic rings. The van der Waals surface area contributed by atoms with E-state index in [0.717, 1.165) is 31.0 Å². The van der Waals surface area contributed by atoms with E-state index >= 15 is 0 Å². The van der Waals surface area contributed by atoms with Crippen LogP contribution in [0.5, 0.6) is 11.5 Å². The van der Waals surface area contributed by atoms with Gasteiger partial charge in [-0.1, -0.05) is 43.3 Å². The van der Waals surface area contributed by atoms with E-state index in [1.165, 1.54) is 30.5 Å². The molecular formula is C26H38N2O2.